The molecule has 0 amide bonds. The Balaban J connectivity index is 1.98. The predicted octanol–water partition coefficient (Wildman–Crippen LogP) is 3.02. The summed E-state index contributed by atoms with van der Waals surface area (Å²) in [6.07, 6.45) is 5.31. The van der Waals surface area contributed by atoms with Crippen molar-refractivity contribution in [3.05, 3.63) is 35.6 Å². The van der Waals surface area contributed by atoms with Gasteiger partial charge in [0.15, 0.2) is 0 Å². The second kappa shape index (κ2) is 5.61. The lowest BCUT2D eigenvalue weighted by molar-refractivity contribution is -0.116. The Bertz CT molecular complexity index is 413. The summed E-state index contributed by atoms with van der Waals surface area (Å²) in [6.45, 7) is 1.28. The summed E-state index contributed by atoms with van der Waals surface area (Å²) in [6, 6.07) is 6.82. The standard InChI is InChI=1S/C15H20FNO/c1-17(10-13-6-2-3-7-14(13)16)11-15(12-18)8-4-5-9-15/h2-3,6-7,12H,4-5,8-11H2,1H3. The highest BCUT2D eigenvalue weighted by Crippen LogP contribution is 2.36. The van der Waals surface area contributed by atoms with E-state index in [2.05, 4.69) is 4.90 Å². The fraction of sp³-hybridized carbons (Fsp3) is 0.533. The molecule has 0 aromatic heterocycles. The summed E-state index contributed by atoms with van der Waals surface area (Å²) < 4.78 is 13.5. The van der Waals surface area contributed by atoms with Crippen molar-refractivity contribution in [3.63, 3.8) is 0 Å². The molecule has 0 saturated heterocycles. The van der Waals surface area contributed by atoms with Crippen LogP contribution in [0, 0.1) is 11.2 Å². The SMILES string of the molecule is CN(Cc1ccccc1F)CC1(C=O)CCCC1. The molecule has 0 atom stereocenters. The number of carbonyl (C=O) groups is 1. The van der Waals surface area contributed by atoms with Crippen LogP contribution in [0.1, 0.15) is 31.2 Å². The van der Waals surface area contributed by atoms with E-state index in [4.69, 9.17) is 0 Å². The Morgan fingerprint density at radius 3 is 2.61 bits per heavy atom. The molecule has 0 N–H and O–H groups in total. The molecule has 1 aliphatic rings. The molecule has 2 rings (SSSR count). The summed E-state index contributed by atoms with van der Waals surface area (Å²) in [4.78, 5) is 13.3. The number of aldehydes is 1. The van der Waals surface area contributed by atoms with Gasteiger partial charge in [-0.25, -0.2) is 4.39 Å². The van der Waals surface area contributed by atoms with Crippen LogP contribution in [0.4, 0.5) is 4.39 Å². The van der Waals surface area contributed by atoms with Gasteiger partial charge in [0, 0.05) is 24.1 Å². The first-order valence-corrected chi connectivity index (χ1v) is 6.53. The van der Waals surface area contributed by atoms with Crippen molar-refractivity contribution >= 4 is 6.29 Å². The Morgan fingerprint density at radius 2 is 2.00 bits per heavy atom. The van der Waals surface area contributed by atoms with Crippen LogP contribution < -0.4 is 0 Å². The van der Waals surface area contributed by atoms with Crippen molar-refractivity contribution in [2.75, 3.05) is 13.6 Å². The normalized spacial score (nSPS) is 18.2. The Hall–Kier alpha value is -1.22. The van der Waals surface area contributed by atoms with Crippen LogP contribution in [-0.2, 0) is 11.3 Å². The van der Waals surface area contributed by atoms with Gasteiger partial charge in [-0.3, -0.25) is 0 Å². The van der Waals surface area contributed by atoms with Crippen LogP contribution in [0.2, 0.25) is 0 Å². The van der Waals surface area contributed by atoms with Gasteiger partial charge in [0.25, 0.3) is 0 Å². The van der Waals surface area contributed by atoms with Gasteiger partial charge in [-0.2, -0.15) is 0 Å². The number of rotatable bonds is 5. The van der Waals surface area contributed by atoms with Crippen molar-refractivity contribution in [2.45, 2.75) is 32.2 Å². The van der Waals surface area contributed by atoms with Gasteiger partial charge < -0.3 is 9.69 Å². The maximum Gasteiger partial charge on any atom is 0.127 e. The molecule has 18 heavy (non-hydrogen) atoms. The minimum Gasteiger partial charge on any atom is -0.303 e. The molecule has 1 saturated carbocycles. The van der Waals surface area contributed by atoms with Crippen molar-refractivity contribution in [1.82, 2.24) is 4.90 Å². The monoisotopic (exact) mass is 249 g/mol. The third-order valence-electron chi connectivity index (χ3n) is 3.83. The summed E-state index contributed by atoms with van der Waals surface area (Å²) in [7, 11) is 1.95. The number of hydrogen-bond acceptors (Lipinski definition) is 2. The molecule has 0 aliphatic heterocycles. The molecule has 0 unspecified atom stereocenters. The number of benzene rings is 1. The molecule has 98 valence electrons. The van der Waals surface area contributed by atoms with Gasteiger partial charge in [0.2, 0.25) is 0 Å². The minimum atomic E-state index is -0.194. The predicted molar refractivity (Wildman–Crippen MR) is 69.7 cm³/mol. The summed E-state index contributed by atoms with van der Waals surface area (Å²) in [5.41, 5.74) is 0.499. The highest BCUT2D eigenvalue weighted by atomic mass is 19.1. The van der Waals surface area contributed by atoms with E-state index in [0.29, 0.717) is 12.1 Å². The van der Waals surface area contributed by atoms with E-state index in [-0.39, 0.29) is 11.2 Å². The number of hydrogen-bond donors (Lipinski definition) is 0. The fourth-order valence-electron chi connectivity index (χ4n) is 2.90. The molecule has 3 heteroatoms. The second-order valence-electron chi connectivity index (χ2n) is 5.45. The lowest BCUT2D eigenvalue weighted by Crippen LogP contribution is -2.34. The lowest BCUT2D eigenvalue weighted by atomic mass is 9.87. The average Bonchev–Trinajstić information content (AvgIpc) is 2.81. The van der Waals surface area contributed by atoms with Gasteiger partial charge in [-0.1, -0.05) is 31.0 Å². The topological polar surface area (TPSA) is 20.3 Å². The Labute approximate surface area is 108 Å². The lowest BCUT2D eigenvalue weighted by Gasteiger charge is -2.28. The van der Waals surface area contributed by atoms with Crippen LogP contribution in [-0.4, -0.2) is 24.8 Å². The zero-order valence-corrected chi connectivity index (χ0v) is 10.9. The molecule has 2 nitrogen and oxygen atoms in total. The van der Waals surface area contributed by atoms with Crippen LogP contribution >= 0.6 is 0 Å². The minimum absolute atomic E-state index is 0.170. The van der Waals surface area contributed by atoms with E-state index in [1.165, 1.54) is 6.07 Å². The molecular formula is C15H20FNO. The zero-order chi connectivity index (χ0) is 13.0. The van der Waals surface area contributed by atoms with Crippen LogP contribution in [0.25, 0.3) is 0 Å². The van der Waals surface area contributed by atoms with Crippen molar-refractivity contribution in [2.24, 2.45) is 5.41 Å². The molecule has 0 bridgehead atoms. The van der Waals surface area contributed by atoms with Crippen LogP contribution in [0.15, 0.2) is 24.3 Å². The molecule has 0 heterocycles. The van der Waals surface area contributed by atoms with Crippen LogP contribution in [0.5, 0.6) is 0 Å². The number of carbonyl (C=O) groups excluding carboxylic acids is 1. The van der Waals surface area contributed by atoms with Crippen molar-refractivity contribution in [1.29, 1.82) is 0 Å². The third-order valence-corrected chi connectivity index (χ3v) is 3.83. The van der Waals surface area contributed by atoms with E-state index < -0.39 is 0 Å². The molecule has 1 fully saturated rings. The van der Waals surface area contributed by atoms with E-state index in [1.807, 2.05) is 13.1 Å². The highest BCUT2D eigenvalue weighted by molar-refractivity contribution is 5.60. The van der Waals surface area contributed by atoms with Gasteiger partial charge in [0.1, 0.15) is 12.1 Å². The second-order valence-corrected chi connectivity index (χ2v) is 5.45. The van der Waals surface area contributed by atoms with Gasteiger partial charge >= 0.3 is 0 Å². The maximum atomic E-state index is 13.5. The van der Waals surface area contributed by atoms with E-state index in [9.17, 15) is 9.18 Å². The first kappa shape index (κ1) is 13.2. The molecule has 1 aromatic rings. The molecule has 1 aromatic carbocycles. The molecule has 0 spiro atoms. The maximum absolute atomic E-state index is 13.5. The number of nitrogens with zero attached hydrogens (tertiary/aromatic N) is 1. The third kappa shape index (κ3) is 2.96. The molecular weight excluding hydrogens is 229 g/mol. The zero-order valence-electron chi connectivity index (χ0n) is 10.9. The van der Waals surface area contributed by atoms with Gasteiger partial charge in [-0.15, -0.1) is 0 Å². The van der Waals surface area contributed by atoms with E-state index in [0.717, 1.165) is 38.5 Å². The van der Waals surface area contributed by atoms with E-state index >= 15 is 0 Å². The summed E-state index contributed by atoms with van der Waals surface area (Å²) >= 11 is 0. The van der Waals surface area contributed by atoms with Gasteiger partial charge in [-0.05, 0) is 26.0 Å². The number of halogens is 1. The Kier molecular flexibility index (Phi) is 4.12. The van der Waals surface area contributed by atoms with Gasteiger partial charge in [0.05, 0.1) is 0 Å². The van der Waals surface area contributed by atoms with Crippen LogP contribution in [0.3, 0.4) is 0 Å². The fourth-order valence-corrected chi connectivity index (χ4v) is 2.90. The van der Waals surface area contributed by atoms with Crippen molar-refractivity contribution in [3.8, 4) is 0 Å². The Morgan fingerprint density at radius 1 is 1.33 bits per heavy atom. The quantitative estimate of drug-likeness (QED) is 0.748. The summed E-state index contributed by atoms with van der Waals surface area (Å²) in [5.74, 6) is -0.170. The highest BCUT2D eigenvalue weighted by Gasteiger charge is 2.34. The van der Waals surface area contributed by atoms with E-state index in [1.54, 1.807) is 12.1 Å². The smallest absolute Gasteiger partial charge is 0.127 e. The average molecular weight is 249 g/mol. The largest absolute Gasteiger partial charge is 0.303 e. The van der Waals surface area contributed by atoms with Crippen molar-refractivity contribution < 1.29 is 9.18 Å². The first-order chi connectivity index (χ1) is 8.65. The molecule has 0 radical (unpaired) electrons. The summed E-state index contributed by atoms with van der Waals surface area (Å²) in [5, 5.41) is 0. The first-order valence-electron chi connectivity index (χ1n) is 6.53. The molecule has 1 aliphatic carbocycles.